The molecule has 0 saturated carbocycles. The Kier molecular flexibility index (Phi) is 5.78. The summed E-state index contributed by atoms with van der Waals surface area (Å²) >= 11 is 0. The van der Waals surface area contributed by atoms with Crippen LogP contribution in [0.25, 0.3) is 0 Å². The Morgan fingerprint density at radius 2 is 1.63 bits per heavy atom. The number of hydrogen-bond donors (Lipinski definition) is 1. The molecule has 0 amide bonds. The number of rotatable bonds is 7. The van der Waals surface area contributed by atoms with Gasteiger partial charge in [0.15, 0.2) is 4.90 Å². The van der Waals surface area contributed by atoms with Crippen LogP contribution in [0.4, 0.5) is 8.78 Å². The van der Waals surface area contributed by atoms with Gasteiger partial charge < -0.3 is 4.74 Å². The zero-order valence-electron chi connectivity index (χ0n) is 14.1. The van der Waals surface area contributed by atoms with E-state index in [1.54, 1.807) is 12.1 Å². The maximum atomic E-state index is 13.7. The van der Waals surface area contributed by atoms with Crippen LogP contribution in [0.3, 0.4) is 0 Å². The molecule has 8 heteroatoms. The maximum Gasteiger partial charge on any atom is 0.246 e. The minimum Gasteiger partial charge on any atom is -0.473 e. The number of hydrogen-bond acceptors (Lipinski definition) is 4. The number of pyridine rings is 1. The molecular formula is C19H16F2N2O3S. The zero-order valence-corrected chi connectivity index (χ0v) is 14.9. The molecule has 0 bridgehead atoms. The summed E-state index contributed by atoms with van der Waals surface area (Å²) < 4.78 is 59.6. The number of sulfonamides is 1. The molecule has 0 aliphatic carbocycles. The zero-order chi connectivity index (χ0) is 19.3. The first-order chi connectivity index (χ1) is 13.0. The summed E-state index contributed by atoms with van der Waals surface area (Å²) in [6, 6.07) is 15.5. The van der Waals surface area contributed by atoms with Crippen LogP contribution in [0.2, 0.25) is 0 Å². The van der Waals surface area contributed by atoms with E-state index in [1.807, 2.05) is 30.3 Å². The number of halogens is 2. The fourth-order valence-electron chi connectivity index (χ4n) is 2.36. The van der Waals surface area contributed by atoms with Crippen molar-refractivity contribution in [2.75, 3.05) is 0 Å². The van der Waals surface area contributed by atoms with Gasteiger partial charge in [0.2, 0.25) is 15.9 Å². The van der Waals surface area contributed by atoms with Gasteiger partial charge in [-0.3, -0.25) is 0 Å². The third-order valence-corrected chi connectivity index (χ3v) is 5.13. The first-order valence-electron chi connectivity index (χ1n) is 8.01. The fraction of sp³-hybridized carbons (Fsp3) is 0.105. The summed E-state index contributed by atoms with van der Waals surface area (Å²) in [5.41, 5.74) is 1.49. The molecule has 2 aromatic carbocycles. The summed E-state index contributed by atoms with van der Waals surface area (Å²) in [6.07, 6.45) is 1.47. The van der Waals surface area contributed by atoms with Crippen molar-refractivity contribution in [2.45, 2.75) is 18.0 Å². The van der Waals surface area contributed by atoms with Crippen molar-refractivity contribution in [1.29, 1.82) is 0 Å². The SMILES string of the molecule is O=S(=O)(NCc1ccnc(OCc2ccccc2)c1)c1c(F)cccc1F. The number of aromatic nitrogens is 1. The van der Waals surface area contributed by atoms with Crippen molar-refractivity contribution < 1.29 is 21.9 Å². The van der Waals surface area contributed by atoms with Crippen molar-refractivity contribution >= 4 is 10.0 Å². The average molecular weight is 390 g/mol. The van der Waals surface area contributed by atoms with Crippen LogP contribution in [-0.4, -0.2) is 13.4 Å². The van der Waals surface area contributed by atoms with Crippen LogP contribution in [0.5, 0.6) is 5.88 Å². The Labute approximate surface area is 155 Å². The van der Waals surface area contributed by atoms with Gasteiger partial charge in [-0.1, -0.05) is 36.4 Å². The van der Waals surface area contributed by atoms with Crippen LogP contribution in [0.15, 0.2) is 71.8 Å². The van der Waals surface area contributed by atoms with Crippen molar-refractivity contribution in [3.05, 3.63) is 89.6 Å². The predicted octanol–water partition coefficient (Wildman–Crippen LogP) is 3.42. The smallest absolute Gasteiger partial charge is 0.246 e. The van der Waals surface area contributed by atoms with Gasteiger partial charge in [0.05, 0.1) is 0 Å². The molecule has 1 aromatic heterocycles. The van der Waals surface area contributed by atoms with Gasteiger partial charge in [0.25, 0.3) is 0 Å². The fourth-order valence-corrected chi connectivity index (χ4v) is 3.51. The van der Waals surface area contributed by atoms with Crippen molar-refractivity contribution in [2.24, 2.45) is 0 Å². The molecule has 0 spiro atoms. The van der Waals surface area contributed by atoms with E-state index < -0.39 is 26.6 Å². The molecule has 5 nitrogen and oxygen atoms in total. The topological polar surface area (TPSA) is 68.3 Å². The highest BCUT2D eigenvalue weighted by atomic mass is 32.2. The number of ether oxygens (including phenoxy) is 1. The van der Waals surface area contributed by atoms with Crippen LogP contribution in [0, 0.1) is 11.6 Å². The standard InChI is InChI=1S/C19H16F2N2O3S/c20-16-7-4-8-17(21)19(16)27(24,25)23-12-15-9-10-22-18(11-15)26-13-14-5-2-1-3-6-14/h1-11,23H,12-13H2. The van der Waals surface area contributed by atoms with E-state index in [0.29, 0.717) is 18.1 Å². The first kappa shape index (κ1) is 18.9. The van der Waals surface area contributed by atoms with E-state index in [2.05, 4.69) is 9.71 Å². The summed E-state index contributed by atoms with van der Waals surface area (Å²) in [5, 5.41) is 0. The highest BCUT2D eigenvalue weighted by Gasteiger charge is 2.23. The second-order valence-electron chi connectivity index (χ2n) is 5.65. The molecule has 1 N–H and O–H groups in total. The van der Waals surface area contributed by atoms with Crippen molar-refractivity contribution in [3.63, 3.8) is 0 Å². The lowest BCUT2D eigenvalue weighted by Gasteiger charge is -2.10. The van der Waals surface area contributed by atoms with Gasteiger partial charge in [0, 0.05) is 18.8 Å². The van der Waals surface area contributed by atoms with Gasteiger partial charge in [-0.05, 0) is 29.3 Å². The number of nitrogens with one attached hydrogen (secondary N) is 1. The van der Waals surface area contributed by atoms with Crippen LogP contribution in [0.1, 0.15) is 11.1 Å². The normalized spacial score (nSPS) is 11.3. The van der Waals surface area contributed by atoms with Crippen LogP contribution >= 0.6 is 0 Å². The van der Waals surface area contributed by atoms with Gasteiger partial charge in [-0.15, -0.1) is 0 Å². The Bertz CT molecular complexity index is 1010. The third-order valence-electron chi connectivity index (χ3n) is 3.68. The molecule has 0 fully saturated rings. The average Bonchev–Trinajstić information content (AvgIpc) is 2.66. The lowest BCUT2D eigenvalue weighted by atomic mass is 10.2. The van der Waals surface area contributed by atoms with E-state index >= 15 is 0 Å². The van der Waals surface area contributed by atoms with Crippen molar-refractivity contribution in [1.82, 2.24) is 9.71 Å². The van der Waals surface area contributed by atoms with Crippen LogP contribution < -0.4 is 9.46 Å². The summed E-state index contributed by atoms with van der Waals surface area (Å²) in [7, 11) is -4.35. The monoisotopic (exact) mass is 390 g/mol. The van der Waals surface area contributed by atoms with Gasteiger partial charge in [-0.25, -0.2) is 26.9 Å². The molecule has 0 atom stereocenters. The summed E-state index contributed by atoms with van der Waals surface area (Å²) in [4.78, 5) is 3.07. The summed E-state index contributed by atoms with van der Waals surface area (Å²) in [5.74, 6) is -1.99. The minimum absolute atomic E-state index is 0.166. The Hall–Kier alpha value is -2.84. The molecule has 0 unspecified atom stereocenters. The molecule has 0 radical (unpaired) electrons. The van der Waals surface area contributed by atoms with E-state index in [-0.39, 0.29) is 6.54 Å². The van der Waals surface area contributed by atoms with Gasteiger partial charge >= 0.3 is 0 Å². The molecule has 1 heterocycles. The highest BCUT2D eigenvalue weighted by molar-refractivity contribution is 7.89. The van der Waals surface area contributed by atoms with E-state index in [1.165, 1.54) is 6.20 Å². The van der Waals surface area contributed by atoms with Gasteiger partial charge in [0.1, 0.15) is 18.2 Å². The quantitative estimate of drug-likeness (QED) is 0.671. The highest BCUT2D eigenvalue weighted by Crippen LogP contribution is 2.19. The molecule has 140 valence electrons. The Morgan fingerprint density at radius 1 is 0.926 bits per heavy atom. The Morgan fingerprint density at radius 3 is 2.33 bits per heavy atom. The maximum absolute atomic E-state index is 13.7. The second-order valence-corrected chi connectivity index (χ2v) is 7.36. The van der Waals surface area contributed by atoms with E-state index in [9.17, 15) is 17.2 Å². The molecule has 3 aromatic rings. The third kappa shape index (κ3) is 4.87. The van der Waals surface area contributed by atoms with E-state index in [4.69, 9.17) is 4.74 Å². The number of nitrogens with zero attached hydrogens (tertiary/aromatic N) is 1. The largest absolute Gasteiger partial charge is 0.473 e. The molecule has 3 rings (SSSR count). The molecule has 0 aliphatic rings. The second kappa shape index (κ2) is 8.24. The lowest BCUT2D eigenvalue weighted by Crippen LogP contribution is -2.25. The van der Waals surface area contributed by atoms with E-state index in [0.717, 1.165) is 23.8 Å². The van der Waals surface area contributed by atoms with Crippen molar-refractivity contribution in [3.8, 4) is 5.88 Å². The molecule has 0 saturated heterocycles. The molecule has 27 heavy (non-hydrogen) atoms. The minimum atomic E-state index is -4.35. The van der Waals surface area contributed by atoms with Gasteiger partial charge in [-0.2, -0.15) is 0 Å². The Balaban J connectivity index is 1.68. The molecule has 0 aliphatic heterocycles. The lowest BCUT2D eigenvalue weighted by molar-refractivity contribution is 0.293. The number of benzene rings is 2. The van der Waals surface area contributed by atoms with Crippen LogP contribution in [-0.2, 0) is 23.2 Å². The first-order valence-corrected chi connectivity index (χ1v) is 9.49. The molecular weight excluding hydrogens is 374 g/mol. The predicted molar refractivity (Wildman–Crippen MR) is 95.4 cm³/mol. The summed E-state index contributed by atoms with van der Waals surface area (Å²) in [6.45, 7) is 0.143.